The topological polar surface area (TPSA) is 106 Å². The van der Waals surface area contributed by atoms with Crippen molar-refractivity contribution in [3.05, 3.63) is 36.3 Å². The molecule has 10 heteroatoms. The molecule has 2 fully saturated rings. The van der Waals surface area contributed by atoms with Crippen LogP contribution in [0, 0.1) is 11.8 Å². The third kappa shape index (κ3) is 6.39. The number of amides is 1. The lowest BCUT2D eigenvalue weighted by Crippen LogP contribution is -2.50. The van der Waals surface area contributed by atoms with Crippen LogP contribution in [0.3, 0.4) is 0 Å². The zero-order valence-electron chi connectivity index (χ0n) is 24.5. The molecule has 0 spiro atoms. The van der Waals surface area contributed by atoms with Crippen LogP contribution in [0.5, 0.6) is 0 Å². The van der Waals surface area contributed by atoms with Crippen molar-refractivity contribution in [1.29, 1.82) is 0 Å². The van der Waals surface area contributed by atoms with E-state index in [2.05, 4.69) is 49.8 Å². The van der Waals surface area contributed by atoms with Crippen molar-refractivity contribution in [2.45, 2.75) is 84.6 Å². The summed E-state index contributed by atoms with van der Waals surface area (Å²) < 4.78 is 17.1. The van der Waals surface area contributed by atoms with Crippen LogP contribution in [0.2, 0.25) is 0 Å². The highest BCUT2D eigenvalue weighted by molar-refractivity contribution is 6.62. The van der Waals surface area contributed by atoms with Crippen LogP contribution in [0.15, 0.2) is 30.5 Å². The Hall–Kier alpha value is -2.69. The van der Waals surface area contributed by atoms with E-state index in [0.717, 1.165) is 41.9 Å². The molecule has 2 N–H and O–H groups in total. The van der Waals surface area contributed by atoms with Gasteiger partial charge < -0.3 is 24.3 Å². The molecule has 1 amide bonds. The maximum Gasteiger partial charge on any atom is 0.494 e. The van der Waals surface area contributed by atoms with Crippen molar-refractivity contribution in [1.82, 2.24) is 20.2 Å². The fraction of sp³-hybridized carbons (Fsp3) is 0.621. The van der Waals surface area contributed by atoms with Gasteiger partial charge in [0.25, 0.3) is 0 Å². The molecule has 1 aromatic heterocycles. The number of hydrogen-bond donors (Lipinski definition) is 2. The van der Waals surface area contributed by atoms with Gasteiger partial charge in [0.2, 0.25) is 0 Å². The van der Waals surface area contributed by atoms with Crippen molar-refractivity contribution in [3.8, 4) is 11.3 Å². The highest BCUT2D eigenvalue weighted by Gasteiger charge is 2.51. The Morgan fingerprint density at radius 2 is 1.79 bits per heavy atom. The van der Waals surface area contributed by atoms with Gasteiger partial charge in [-0.2, -0.15) is 0 Å². The van der Waals surface area contributed by atoms with Gasteiger partial charge in [-0.1, -0.05) is 45.0 Å². The van der Waals surface area contributed by atoms with E-state index in [1.807, 2.05) is 44.3 Å². The zero-order chi connectivity index (χ0) is 28.5. The average Bonchev–Trinajstić information content (AvgIpc) is 3.44. The summed E-state index contributed by atoms with van der Waals surface area (Å²) in [7, 11) is 0.902. The second kappa shape index (κ2) is 11.4. The van der Waals surface area contributed by atoms with Gasteiger partial charge in [0.15, 0.2) is 5.78 Å². The first-order valence-electron chi connectivity index (χ1n) is 13.9. The van der Waals surface area contributed by atoms with Crippen LogP contribution in [-0.4, -0.2) is 71.3 Å². The number of ketones is 1. The van der Waals surface area contributed by atoms with Crippen LogP contribution in [0.25, 0.3) is 11.3 Å². The van der Waals surface area contributed by atoms with E-state index in [1.165, 1.54) is 7.11 Å². The van der Waals surface area contributed by atoms with E-state index in [1.54, 1.807) is 0 Å². The Morgan fingerprint density at radius 1 is 1.15 bits per heavy atom. The summed E-state index contributed by atoms with van der Waals surface area (Å²) in [6.07, 6.45) is 3.22. The molecule has 0 radical (unpaired) electrons. The molecule has 2 aromatic rings. The smallest absolute Gasteiger partial charge is 0.453 e. The first kappa shape index (κ1) is 29.3. The molecule has 9 nitrogen and oxygen atoms in total. The molecule has 1 aromatic carbocycles. The van der Waals surface area contributed by atoms with Crippen LogP contribution in [0.1, 0.15) is 73.2 Å². The summed E-state index contributed by atoms with van der Waals surface area (Å²) in [4.78, 5) is 35.5. The second-order valence-electron chi connectivity index (χ2n) is 12.3. The third-order valence-electron chi connectivity index (χ3n) is 8.41. The quantitative estimate of drug-likeness (QED) is 0.488. The third-order valence-corrected chi connectivity index (χ3v) is 8.41. The SMILES string of the molecule is COC(=O)N[C@H](C(=O)CN1C[C@@H](C)CC[C@H]1c1ncc(-c2ccc(B3OC(C)(C)C(C)(C)O3)cc2)[nH]1)C(C)C. The summed E-state index contributed by atoms with van der Waals surface area (Å²) in [5, 5.41) is 2.70. The summed E-state index contributed by atoms with van der Waals surface area (Å²) in [5.41, 5.74) is 2.14. The lowest BCUT2D eigenvalue weighted by molar-refractivity contribution is -0.124. The molecule has 2 saturated heterocycles. The number of nitrogens with zero attached hydrogens (tertiary/aromatic N) is 2. The number of aromatic amines is 1. The molecule has 0 aliphatic carbocycles. The van der Waals surface area contributed by atoms with Crippen LogP contribution in [0.4, 0.5) is 4.79 Å². The number of hydrogen-bond acceptors (Lipinski definition) is 7. The Bertz CT molecular complexity index is 1150. The molecule has 0 saturated carbocycles. The van der Waals surface area contributed by atoms with E-state index < -0.39 is 19.3 Å². The number of Topliss-reactive ketones (excluding diaryl/α,β-unsaturated/α-hetero) is 1. The predicted molar refractivity (Wildman–Crippen MR) is 152 cm³/mol. The highest BCUT2D eigenvalue weighted by Crippen LogP contribution is 2.37. The molecular formula is C29H43BN4O5. The van der Waals surface area contributed by atoms with E-state index in [4.69, 9.17) is 19.0 Å². The lowest BCUT2D eigenvalue weighted by Gasteiger charge is -2.38. The second-order valence-corrected chi connectivity index (χ2v) is 12.3. The molecular weight excluding hydrogens is 495 g/mol. The number of benzene rings is 1. The largest absolute Gasteiger partial charge is 0.494 e. The molecule has 39 heavy (non-hydrogen) atoms. The summed E-state index contributed by atoms with van der Waals surface area (Å²) in [5.74, 6) is 1.24. The predicted octanol–water partition coefficient (Wildman–Crippen LogP) is 4.10. The van der Waals surface area contributed by atoms with Gasteiger partial charge in [-0.15, -0.1) is 0 Å². The van der Waals surface area contributed by atoms with Gasteiger partial charge in [0, 0.05) is 6.54 Å². The van der Waals surface area contributed by atoms with Crippen LogP contribution in [-0.2, 0) is 18.8 Å². The molecule has 3 heterocycles. The number of piperidine rings is 1. The van der Waals surface area contributed by atoms with Crippen molar-refractivity contribution in [2.75, 3.05) is 20.2 Å². The molecule has 2 aliphatic heterocycles. The first-order valence-corrected chi connectivity index (χ1v) is 13.9. The summed E-state index contributed by atoms with van der Waals surface area (Å²) in [6.45, 7) is 15.3. The molecule has 0 bridgehead atoms. The van der Waals surface area contributed by atoms with Crippen molar-refractivity contribution >= 4 is 24.5 Å². The molecule has 4 rings (SSSR count). The number of rotatable bonds is 8. The van der Waals surface area contributed by atoms with Crippen LogP contribution < -0.4 is 10.8 Å². The Kier molecular flexibility index (Phi) is 8.59. The molecule has 0 unspecified atom stereocenters. The van der Waals surface area contributed by atoms with Crippen LogP contribution >= 0.6 is 0 Å². The lowest BCUT2D eigenvalue weighted by atomic mass is 9.79. The Labute approximate surface area is 232 Å². The number of nitrogens with one attached hydrogen (secondary N) is 2. The van der Waals surface area contributed by atoms with E-state index in [9.17, 15) is 9.59 Å². The minimum atomic E-state index is -0.606. The summed E-state index contributed by atoms with van der Waals surface area (Å²) in [6, 6.07) is 7.55. The van der Waals surface area contributed by atoms with Crippen molar-refractivity contribution in [2.24, 2.45) is 11.8 Å². The Balaban J connectivity index is 1.48. The number of imidazole rings is 1. The van der Waals surface area contributed by atoms with Crippen molar-refractivity contribution in [3.63, 3.8) is 0 Å². The van der Waals surface area contributed by atoms with E-state index >= 15 is 0 Å². The Morgan fingerprint density at radius 3 is 2.38 bits per heavy atom. The van der Waals surface area contributed by atoms with E-state index in [0.29, 0.717) is 5.92 Å². The maximum atomic E-state index is 13.3. The summed E-state index contributed by atoms with van der Waals surface area (Å²) >= 11 is 0. The fourth-order valence-electron chi connectivity index (χ4n) is 5.28. The number of carbonyl (C=O) groups is 2. The minimum absolute atomic E-state index is 0.00568. The number of H-pyrrole nitrogens is 1. The van der Waals surface area contributed by atoms with Gasteiger partial charge >= 0.3 is 13.2 Å². The number of methoxy groups -OCH3 is 1. The maximum absolute atomic E-state index is 13.3. The molecule has 3 atom stereocenters. The van der Waals surface area contributed by atoms with E-state index in [-0.39, 0.29) is 35.5 Å². The standard InChI is InChI=1S/C29H43BN4O5/c1-18(2)25(33-27(36)37-8)24(35)17-34-16-19(3)9-14-23(34)26-31-15-22(32-26)20-10-12-21(13-11-20)30-38-28(4,5)29(6,7)39-30/h10-13,15,18-19,23,25H,9,14,16-17H2,1-8H3,(H,31,32)(H,33,36)/t19-,23-,25-/m0/s1. The van der Waals surface area contributed by atoms with Crippen molar-refractivity contribution < 1.29 is 23.6 Å². The van der Waals surface area contributed by atoms with Gasteiger partial charge in [0.05, 0.1) is 48.8 Å². The zero-order valence-corrected chi connectivity index (χ0v) is 24.5. The first-order chi connectivity index (χ1) is 18.3. The molecule has 2 aliphatic rings. The monoisotopic (exact) mass is 538 g/mol. The number of carbonyl (C=O) groups excluding carboxylic acids is 2. The van der Waals surface area contributed by atoms with Gasteiger partial charge in [-0.3, -0.25) is 9.69 Å². The van der Waals surface area contributed by atoms with Gasteiger partial charge in [-0.25, -0.2) is 9.78 Å². The highest BCUT2D eigenvalue weighted by atomic mass is 16.7. The van der Waals surface area contributed by atoms with Gasteiger partial charge in [-0.05, 0) is 63.4 Å². The molecule has 212 valence electrons. The fourth-order valence-corrected chi connectivity index (χ4v) is 5.28. The number of likely N-dealkylation sites (tertiary alicyclic amines) is 1. The number of ether oxygens (including phenoxy) is 1. The normalized spacial score (nSPS) is 23.6. The number of alkyl carbamates (subject to hydrolysis) is 1. The minimum Gasteiger partial charge on any atom is -0.453 e. The number of aromatic nitrogens is 2. The van der Waals surface area contributed by atoms with Gasteiger partial charge in [0.1, 0.15) is 5.82 Å². The average molecular weight is 538 g/mol.